The molecule has 2 aliphatic carbocycles. The van der Waals surface area contributed by atoms with E-state index in [2.05, 4.69) is 15.8 Å². The first kappa shape index (κ1) is 12.5. The van der Waals surface area contributed by atoms with Crippen LogP contribution < -0.4 is 10.6 Å². The van der Waals surface area contributed by atoms with Crippen molar-refractivity contribution in [1.29, 1.82) is 0 Å². The van der Waals surface area contributed by atoms with Gasteiger partial charge in [0.1, 0.15) is 5.76 Å². The van der Waals surface area contributed by atoms with E-state index in [1.165, 1.54) is 6.42 Å². The van der Waals surface area contributed by atoms with Crippen molar-refractivity contribution in [3.05, 3.63) is 11.8 Å². The maximum Gasteiger partial charge on any atom is 0.320 e. The van der Waals surface area contributed by atoms with E-state index in [1.807, 2.05) is 0 Å². The van der Waals surface area contributed by atoms with Gasteiger partial charge in [0.05, 0.1) is 0 Å². The summed E-state index contributed by atoms with van der Waals surface area (Å²) in [6.07, 6.45) is 3.45. The highest BCUT2D eigenvalue weighted by Crippen LogP contribution is 2.48. The number of aliphatic hydroxyl groups is 1. The quantitative estimate of drug-likeness (QED) is 0.773. The Balaban J connectivity index is 1.60. The molecule has 2 fully saturated rings. The van der Waals surface area contributed by atoms with Crippen molar-refractivity contribution in [2.24, 2.45) is 17.8 Å². The molecule has 0 spiro atoms. The third kappa shape index (κ3) is 2.32. The lowest BCUT2D eigenvalue weighted by molar-refractivity contribution is 0.146. The topological polar surface area (TPSA) is 87.4 Å². The molecule has 0 unspecified atom stereocenters. The van der Waals surface area contributed by atoms with Crippen LogP contribution in [0.15, 0.2) is 10.6 Å². The van der Waals surface area contributed by atoms with Crippen molar-refractivity contribution >= 4 is 11.8 Å². The molecule has 3 rings (SSSR count). The van der Waals surface area contributed by atoms with Gasteiger partial charge in [-0.25, -0.2) is 4.79 Å². The molecule has 6 heteroatoms. The van der Waals surface area contributed by atoms with Gasteiger partial charge in [-0.15, -0.1) is 0 Å². The van der Waals surface area contributed by atoms with E-state index < -0.39 is 0 Å². The van der Waals surface area contributed by atoms with Gasteiger partial charge in [-0.05, 0) is 38.0 Å². The van der Waals surface area contributed by atoms with Gasteiger partial charge in [-0.1, -0.05) is 5.16 Å². The Labute approximate surface area is 111 Å². The Kier molecular flexibility index (Phi) is 3.18. The number of aromatic nitrogens is 1. The molecule has 0 aliphatic heterocycles. The highest BCUT2D eigenvalue weighted by atomic mass is 16.5. The number of nitrogens with zero attached hydrogens (tertiary/aromatic N) is 1. The molecule has 0 radical (unpaired) electrons. The number of nitrogens with one attached hydrogen (secondary N) is 2. The Bertz CT molecular complexity index is 473. The number of amides is 2. The maximum atomic E-state index is 11.9. The molecular formula is C13H19N3O3. The van der Waals surface area contributed by atoms with Gasteiger partial charge in [-0.2, -0.15) is 0 Å². The number of hydrogen-bond donors (Lipinski definition) is 3. The second kappa shape index (κ2) is 4.85. The average Bonchev–Trinajstić information content (AvgIpc) is 3.05. The van der Waals surface area contributed by atoms with Crippen molar-refractivity contribution in [1.82, 2.24) is 10.5 Å². The largest absolute Gasteiger partial charge is 0.396 e. The highest BCUT2D eigenvalue weighted by Gasteiger charge is 2.47. The van der Waals surface area contributed by atoms with Gasteiger partial charge >= 0.3 is 6.03 Å². The van der Waals surface area contributed by atoms with Crippen molar-refractivity contribution < 1.29 is 14.4 Å². The summed E-state index contributed by atoms with van der Waals surface area (Å²) in [4.78, 5) is 11.9. The summed E-state index contributed by atoms with van der Waals surface area (Å²) in [7, 11) is 0. The summed E-state index contributed by atoms with van der Waals surface area (Å²) in [6, 6.07) is 1.48. The van der Waals surface area contributed by atoms with Crippen molar-refractivity contribution in [2.45, 2.75) is 32.2 Å². The van der Waals surface area contributed by atoms with Crippen LogP contribution in [0, 0.1) is 24.7 Å². The molecule has 2 bridgehead atoms. The van der Waals surface area contributed by atoms with Crippen molar-refractivity contribution in [2.75, 3.05) is 11.9 Å². The van der Waals surface area contributed by atoms with Gasteiger partial charge in [0, 0.05) is 24.6 Å². The van der Waals surface area contributed by atoms with E-state index in [9.17, 15) is 9.90 Å². The Hall–Kier alpha value is -1.56. The smallest absolute Gasteiger partial charge is 0.320 e. The molecule has 0 saturated heterocycles. The molecule has 1 heterocycles. The zero-order valence-electron chi connectivity index (χ0n) is 10.9. The standard InChI is InChI=1S/C13H19N3O3/c1-7-4-11(16-19-7)14-13(18)15-12-9-3-2-8(5-9)10(12)6-17/h4,8-10,12,17H,2-3,5-6H2,1H3,(H2,14,15,16,18)/t8-,9-,10+,12+/m0/s1. The van der Waals surface area contributed by atoms with E-state index in [0.717, 1.165) is 12.8 Å². The molecule has 0 aromatic carbocycles. The summed E-state index contributed by atoms with van der Waals surface area (Å²) < 4.78 is 4.89. The predicted molar refractivity (Wildman–Crippen MR) is 68.6 cm³/mol. The molecule has 3 N–H and O–H groups in total. The van der Waals surface area contributed by atoms with E-state index in [0.29, 0.717) is 23.4 Å². The van der Waals surface area contributed by atoms with Crippen LogP contribution in [0.4, 0.5) is 10.6 Å². The first-order chi connectivity index (χ1) is 9.17. The van der Waals surface area contributed by atoms with Crippen LogP contribution in [0.25, 0.3) is 0 Å². The van der Waals surface area contributed by atoms with Crippen LogP contribution in [0.5, 0.6) is 0 Å². The lowest BCUT2D eigenvalue weighted by atomic mass is 9.85. The third-order valence-electron chi connectivity index (χ3n) is 4.47. The van der Waals surface area contributed by atoms with Gasteiger partial charge < -0.3 is 14.9 Å². The van der Waals surface area contributed by atoms with Crippen LogP contribution >= 0.6 is 0 Å². The van der Waals surface area contributed by atoms with Crippen molar-refractivity contribution in [3.8, 4) is 0 Å². The second-order valence-electron chi connectivity index (χ2n) is 5.63. The summed E-state index contributed by atoms with van der Waals surface area (Å²) in [5.74, 6) is 2.34. The normalized spacial score (nSPS) is 32.5. The van der Waals surface area contributed by atoms with E-state index in [1.54, 1.807) is 13.0 Å². The predicted octanol–water partition coefficient (Wildman–Crippen LogP) is 1.51. The Morgan fingerprint density at radius 1 is 1.53 bits per heavy atom. The Morgan fingerprint density at radius 2 is 2.32 bits per heavy atom. The summed E-state index contributed by atoms with van der Waals surface area (Å²) in [5.41, 5.74) is 0. The second-order valence-corrected chi connectivity index (χ2v) is 5.63. The molecular weight excluding hydrogens is 246 g/mol. The summed E-state index contributed by atoms with van der Waals surface area (Å²) in [5, 5.41) is 18.8. The minimum absolute atomic E-state index is 0.0803. The molecule has 2 saturated carbocycles. The van der Waals surface area contributed by atoms with Crippen LogP contribution in [-0.4, -0.2) is 28.9 Å². The number of fused-ring (bicyclic) bond motifs is 2. The number of carbonyl (C=O) groups excluding carboxylic acids is 1. The van der Waals surface area contributed by atoms with Gasteiger partial charge in [-0.3, -0.25) is 5.32 Å². The number of hydrogen-bond acceptors (Lipinski definition) is 4. The monoisotopic (exact) mass is 265 g/mol. The fourth-order valence-electron chi connectivity index (χ4n) is 3.63. The molecule has 2 amide bonds. The van der Waals surface area contributed by atoms with E-state index in [4.69, 9.17) is 4.52 Å². The minimum Gasteiger partial charge on any atom is -0.396 e. The number of rotatable bonds is 3. The van der Waals surface area contributed by atoms with Gasteiger partial charge in [0.25, 0.3) is 0 Å². The third-order valence-corrected chi connectivity index (χ3v) is 4.47. The zero-order valence-corrected chi connectivity index (χ0v) is 10.9. The molecule has 1 aromatic heterocycles. The number of aliphatic hydroxyl groups excluding tert-OH is 1. The number of urea groups is 1. The Morgan fingerprint density at radius 3 is 3.00 bits per heavy atom. The average molecular weight is 265 g/mol. The molecule has 104 valence electrons. The maximum absolute atomic E-state index is 11.9. The lowest BCUT2D eigenvalue weighted by Gasteiger charge is -2.30. The summed E-state index contributed by atoms with van der Waals surface area (Å²) >= 11 is 0. The van der Waals surface area contributed by atoms with Gasteiger partial charge in [0.2, 0.25) is 0 Å². The highest BCUT2D eigenvalue weighted by molar-refractivity contribution is 5.88. The fourth-order valence-corrected chi connectivity index (χ4v) is 3.63. The molecule has 6 nitrogen and oxygen atoms in total. The first-order valence-electron chi connectivity index (χ1n) is 6.79. The number of aryl methyl sites for hydroxylation is 1. The number of anilines is 1. The van der Waals surface area contributed by atoms with E-state index >= 15 is 0 Å². The van der Waals surface area contributed by atoms with E-state index in [-0.39, 0.29) is 24.6 Å². The SMILES string of the molecule is Cc1cc(NC(=O)N[C@@H]2[C@H]3CC[C@@H](C3)[C@H]2CO)no1. The van der Waals surface area contributed by atoms with Crippen LogP contribution in [0.2, 0.25) is 0 Å². The fraction of sp³-hybridized carbons (Fsp3) is 0.692. The van der Waals surface area contributed by atoms with Gasteiger partial charge in [0.15, 0.2) is 5.82 Å². The minimum atomic E-state index is -0.274. The number of carbonyl (C=O) groups is 1. The van der Waals surface area contributed by atoms with Crippen molar-refractivity contribution in [3.63, 3.8) is 0 Å². The lowest BCUT2D eigenvalue weighted by Crippen LogP contribution is -2.46. The van der Waals surface area contributed by atoms with Crippen LogP contribution in [0.3, 0.4) is 0 Å². The molecule has 2 aliphatic rings. The van der Waals surface area contributed by atoms with Crippen LogP contribution in [-0.2, 0) is 0 Å². The molecule has 1 aromatic rings. The molecule has 19 heavy (non-hydrogen) atoms. The van der Waals surface area contributed by atoms with Crippen LogP contribution in [0.1, 0.15) is 25.0 Å². The zero-order chi connectivity index (χ0) is 13.4. The molecule has 4 atom stereocenters. The first-order valence-corrected chi connectivity index (χ1v) is 6.79. The summed E-state index contributed by atoms with van der Waals surface area (Å²) in [6.45, 7) is 1.92.